The molecule has 3 nitrogen and oxygen atoms in total. The summed E-state index contributed by atoms with van der Waals surface area (Å²) in [4.78, 5) is 4.29. The molecule has 0 spiro atoms. The highest BCUT2D eigenvalue weighted by Gasteiger charge is 2.17. The fourth-order valence-corrected chi connectivity index (χ4v) is 2.98. The summed E-state index contributed by atoms with van der Waals surface area (Å²) in [7, 11) is 0. The molecule has 1 aromatic carbocycles. The SMILES string of the molecule is Cc1cnc(C(C)NC(C)c2ccc3c(c2)CCC3)o1. The molecule has 1 heterocycles. The lowest BCUT2D eigenvalue weighted by Crippen LogP contribution is -2.22. The number of aryl methyl sites for hydroxylation is 3. The Hall–Kier alpha value is -1.61. The smallest absolute Gasteiger partial charge is 0.211 e. The van der Waals surface area contributed by atoms with Crippen LogP contribution in [0.3, 0.4) is 0 Å². The van der Waals surface area contributed by atoms with Gasteiger partial charge < -0.3 is 4.42 Å². The average molecular weight is 270 g/mol. The summed E-state index contributed by atoms with van der Waals surface area (Å²) in [6.45, 7) is 6.21. The van der Waals surface area contributed by atoms with Crippen molar-refractivity contribution < 1.29 is 4.42 Å². The molecule has 0 radical (unpaired) electrons. The quantitative estimate of drug-likeness (QED) is 0.916. The third-order valence-electron chi connectivity index (χ3n) is 4.13. The Morgan fingerprint density at radius 3 is 2.70 bits per heavy atom. The first-order valence-electron chi connectivity index (χ1n) is 7.43. The molecule has 3 heteroatoms. The van der Waals surface area contributed by atoms with Gasteiger partial charge in [0, 0.05) is 6.04 Å². The standard InChI is InChI=1S/C17H22N2O/c1-11-10-18-17(20-11)13(3)19-12(2)15-8-7-14-5-4-6-16(14)9-15/h7-10,12-13,19H,4-6H2,1-3H3. The summed E-state index contributed by atoms with van der Waals surface area (Å²) >= 11 is 0. The molecule has 1 aromatic heterocycles. The second-order valence-electron chi connectivity index (χ2n) is 5.80. The molecule has 1 aliphatic rings. The molecule has 2 aromatic rings. The summed E-state index contributed by atoms with van der Waals surface area (Å²) in [5.74, 6) is 1.62. The zero-order chi connectivity index (χ0) is 14.1. The van der Waals surface area contributed by atoms with Gasteiger partial charge in [-0.2, -0.15) is 0 Å². The second kappa shape index (κ2) is 5.41. The summed E-state index contributed by atoms with van der Waals surface area (Å²) < 4.78 is 5.58. The van der Waals surface area contributed by atoms with Crippen molar-refractivity contribution in [2.75, 3.05) is 0 Å². The van der Waals surface area contributed by atoms with Gasteiger partial charge in [-0.05, 0) is 56.7 Å². The first-order chi connectivity index (χ1) is 9.63. The summed E-state index contributed by atoms with van der Waals surface area (Å²) in [5.41, 5.74) is 4.40. The Balaban J connectivity index is 1.71. The van der Waals surface area contributed by atoms with E-state index in [2.05, 4.69) is 42.3 Å². The van der Waals surface area contributed by atoms with Crippen molar-refractivity contribution >= 4 is 0 Å². The van der Waals surface area contributed by atoms with E-state index < -0.39 is 0 Å². The van der Waals surface area contributed by atoms with E-state index >= 15 is 0 Å². The molecular formula is C17H22N2O. The minimum Gasteiger partial charge on any atom is -0.444 e. The zero-order valence-corrected chi connectivity index (χ0v) is 12.4. The van der Waals surface area contributed by atoms with Gasteiger partial charge in [0.1, 0.15) is 5.76 Å². The van der Waals surface area contributed by atoms with Crippen molar-refractivity contribution in [1.29, 1.82) is 0 Å². The maximum atomic E-state index is 5.58. The van der Waals surface area contributed by atoms with Gasteiger partial charge in [0.25, 0.3) is 0 Å². The first kappa shape index (κ1) is 13.4. The van der Waals surface area contributed by atoms with Gasteiger partial charge in [0.2, 0.25) is 5.89 Å². The molecule has 1 N–H and O–H groups in total. The normalized spacial score (nSPS) is 16.9. The topological polar surface area (TPSA) is 38.1 Å². The van der Waals surface area contributed by atoms with Gasteiger partial charge in [-0.25, -0.2) is 4.98 Å². The minimum atomic E-state index is 0.118. The molecule has 1 aliphatic carbocycles. The fraction of sp³-hybridized carbons (Fsp3) is 0.471. The van der Waals surface area contributed by atoms with Crippen LogP contribution in [0.15, 0.2) is 28.8 Å². The van der Waals surface area contributed by atoms with Gasteiger partial charge >= 0.3 is 0 Å². The maximum absolute atomic E-state index is 5.58. The number of rotatable bonds is 4. The molecule has 0 amide bonds. The summed E-state index contributed by atoms with van der Waals surface area (Å²) in [6, 6.07) is 7.30. The van der Waals surface area contributed by atoms with Crippen LogP contribution in [-0.2, 0) is 12.8 Å². The van der Waals surface area contributed by atoms with E-state index in [9.17, 15) is 0 Å². The Kier molecular flexibility index (Phi) is 3.62. The molecule has 2 unspecified atom stereocenters. The molecule has 0 saturated carbocycles. The largest absolute Gasteiger partial charge is 0.444 e. The number of fused-ring (bicyclic) bond motifs is 1. The van der Waals surface area contributed by atoms with Crippen LogP contribution in [0.1, 0.15) is 60.7 Å². The van der Waals surface area contributed by atoms with Crippen LogP contribution >= 0.6 is 0 Å². The number of nitrogens with one attached hydrogen (secondary N) is 1. The number of nitrogens with zero attached hydrogens (tertiary/aromatic N) is 1. The van der Waals surface area contributed by atoms with E-state index in [0.717, 1.165) is 11.7 Å². The van der Waals surface area contributed by atoms with Crippen LogP contribution in [0.5, 0.6) is 0 Å². The van der Waals surface area contributed by atoms with Crippen molar-refractivity contribution in [1.82, 2.24) is 10.3 Å². The molecular weight excluding hydrogens is 248 g/mol. The van der Waals surface area contributed by atoms with Gasteiger partial charge in [0.05, 0.1) is 12.2 Å². The van der Waals surface area contributed by atoms with Crippen LogP contribution < -0.4 is 5.32 Å². The molecule has 20 heavy (non-hydrogen) atoms. The summed E-state index contributed by atoms with van der Waals surface area (Å²) in [5, 5.41) is 3.56. The molecule has 0 aliphatic heterocycles. The van der Waals surface area contributed by atoms with E-state index in [1.807, 2.05) is 6.92 Å². The maximum Gasteiger partial charge on any atom is 0.211 e. The predicted molar refractivity (Wildman–Crippen MR) is 79.7 cm³/mol. The summed E-state index contributed by atoms with van der Waals surface area (Å²) in [6.07, 6.45) is 5.54. The van der Waals surface area contributed by atoms with E-state index in [1.54, 1.807) is 6.20 Å². The fourth-order valence-electron chi connectivity index (χ4n) is 2.98. The van der Waals surface area contributed by atoms with Crippen molar-refractivity contribution in [2.24, 2.45) is 0 Å². The lowest BCUT2D eigenvalue weighted by atomic mass is 10.0. The van der Waals surface area contributed by atoms with Crippen LogP contribution in [0.2, 0.25) is 0 Å². The van der Waals surface area contributed by atoms with Crippen LogP contribution in [0.4, 0.5) is 0 Å². The van der Waals surface area contributed by atoms with E-state index in [-0.39, 0.29) is 6.04 Å². The Morgan fingerprint density at radius 2 is 1.95 bits per heavy atom. The highest BCUT2D eigenvalue weighted by Crippen LogP contribution is 2.26. The Morgan fingerprint density at radius 1 is 1.15 bits per heavy atom. The van der Waals surface area contributed by atoms with E-state index in [0.29, 0.717) is 6.04 Å². The molecule has 2 atom stereocenters. The Labute approximate surface area is 120 Å². The van der Waals surface area contributed by atoms with Crippen molar-refractivity contribution in [3.63, 3.8) is 0 Å². The number of hydrogen-bond acceptors (Lipinski definition) is 3. The lowest BCUT2D eigenvalue weighted by Gasteiger charge is -2.19. The van der Waals surface area contributed by atoms with E-state index in [1.165, 1.54) is 36.0 Å². The van der Waals surface area contributed by atoms with Gasteiger partial charge in [-0.3, -0.25) is 5.32 Å². The highest BCUT2D eigenvalue weighted by atomic mass is 16.4. The monoisotopic (exact) mass is 270 g/mol. The van der Waals surface area contributed by atoms with Crippen LogP contribution in [0.25, 0.3) is 0 Å². The number of hydrogen-bond donors (Lipinski definition) is 1. The average Bonchev–Trinajstić information content (AvgIpc) is 3.05. The molecule has 0 fully saturated rings. The second-order valence-corrected chi connectivity index (χ2v) is 5.80. The molecule has 0 bridgehead atoms. The van der Waals surface area contributed by atoms with Crippen molar-refractivity contribution in [3.05, 3.63) is 52.7 Å². The predicted octanol–water partition coefficient (Wildman–Crippen LogP) is 3.88. The Bertz CT molecular complexity index is 603. The van der Waals surface area contributed by atoms with Gasteiger partial charge in [-0.15, -0.1) is 0 Å². The molecule has 3 rings (SSSR count). The molecule has 0 saturated heterocycles. The van der Waals surface area contributed by atoms with Crippen LogP contribution in [0, 0.1) is 6.92 Å². The molecule has 106 valence electrons. The minimum absolute atomic E-state index is 0.118. The third kappa shape index (κ3) is 2.63. The van der Waals surface area contributed by atoms with Crippen LogP contribution in [-0.4, -0.2) is 4.98 Å². The van der Waals surface area contributed by atoms with Crippen molar-refractivity contribution in [3.8, 4) is 0 Å². The zero-order valence-electron chi connectivity index (χ0n) is 12.4. The van der Waals surface area contributed by atoms with E-state index in [4.69, 9.17) is 4.42 Å². The first-order valence-corrected chi connectivity index (χ1v) is 7.43. The third-order valence-corrected chi connectivity index (χ3v) is 4.13. The van der Waals surface area contributed by atoms with Crippen molar-refractivity contribution in [2.45, 2.75) is 52.1 Å². The van der Waals surface area contributed by atoms with Gasteiger partial charge in [0.15, 0.2) is 0 Å². The number of aromatic nitrogens is 1. The lowest BCUT2D eigenvalue weighted by molar-refractivity contribution is 0.380. The number of oxazole rings is 1. The highest BCUT2D eigenvalue weighted by molar-refractivity contribution is 5.36. The van der Waals surface area contributed by atoms with Gasteiger partial charge in [-0.1, -0.05) is 18.2 Å². The number of benzene rings is 1.